The molecule has 0 aliphatic rings. The van der Waals surface area contributed by atoms with Crippen molar-refractivity contribution in [3.63, 3.8) is 0 Å². The van der Waals surface area contributed by atoms with Gasteiger partial charge in [-0.2, -0.15) is 0 Å². The van der Waals surface area contributed by atoms with Crippen molar-refractivity contribution in [2.45, 2.75) is 6.10 Å². The molecule has 1 rings (SSSR count). The van der Waals surface area contributed by atoms with Crippen molar-refractivity contribution >= 4 is 23.9 Å². The molecule has 0 aromatic heterocycles. The second-order valence-corrected chi connectivity index (χ2v) is 3.48. The molecule has 0 fully saturated rings. The molecule has 8 nitrogen and oxygen atoms in total. The van der Waals surface area contributed by atoms with Crippen molar-refractivity contribution < 1.29 is 38.9 Å². The first kappa shape index (κ1) is 15.2. The fourth-order valence-corrected chi connectivity index (χ4v) is 1.25. The summed E-state index contributed by atoms with van der Waals surface area (Å²) in [5.41, 5.74) is 0.313. The van der Waals surface area contributed by atoms with Gasteiger partial charge in [0, 0.05) is 0 Å². The normalized spacial score (nSPS) is 11.2. The molecule has 0 heterocycles. The second kappa shape index (κ2) is 6.88. The fraction of sp³-hybridized carbons (Fsp3) is 0.167. The molecule has 2 radical (unpaired) electrons. The molecule has 0 aliphatic heterocycles. The van der Waals surface area contributed by atoms with Gasteiger partial charge in [0.1, 0.15) is 6.61 Å². The minimum atomic E-state index is -2.07. The van der Waals surface area contributed by atoms with Gasteiger partial charge in [-0.1, -0.05) is 30.3 Å². The standard InChI is InChI=1S/C12H8O8/c13-9(14)11(17)19-6-8(20-12(18)10(15)16)7-4-2-1-3-5-7/h1-5,8H,6H2. The quantitative estimate of drug-likeness (QED) is 0.551. The Bertz CT molecular complexity index is 522. The van der Waals surface area contributed by atoms with Crippen molar-refractivity contribution in [2.24, 2.45) is 0 Å². The predicted molar refractivity (Wildman–Crippen MR) is 57.6 cm³/mol. The fourth-order valence-electron chi connectivity index (χ4n) is 1.25. The Labute approximate surface area is 112 Å². The summed E-state index contributed by atoms with van der Waals surface area (Å²) < 4.78 is 8.85. The summed E-state index contributed by atoms with van der Waals surface area (Å²) in [6, 6.07) is 7.72. The van der Waals surface area contributed by atoms with Crippen LogP contribution in [0.2, 0.25) is 0 Å². The largest absolute Gasteiger partial charge is 0.462 e. The zero-order valence-corrected chi connectivity index (χ0v) is 9.94. The summed E-state index contributed by atoms with van der Waals surface area (Å²) in [6.07, 6.45) is -1.27. The third-order valence-corrected chi connectivity index (χ3v) is 2.12. The van der Waals surface area contributed by atoms with E-state index in [0.29, 0.717) is 5.56 Å². The van der Waals surface area contributed by atoms with Crippen LogP contribution >= 0.6 is 0 Å². The Hall–Kier alpha value is -2.90. The Morgan fingerprint density at radius 1 is 0.900 bits per heavy atom. The van der Waals surface area contributed by atoms with Gasteiger partial charge in [-0.05, 0) is 5.56 Å². The molecule has 0 amide bonds. The van der Waals surface area contributed by atoms with Gasteiger partial charge in [0.2, 0.25) is 0 Å². The van der Waals surface area contributed by atoms with Gasteiger partial charge in [0.05, 0.1) is 0 Å². The highest BCUT2D eigenvalue weighted by Gasteiger charge is 2.25. The van der Waals surface area contributed by atoms with E-state index in [1.807, 2.05) is 0 Å². The van der Waals surface area contributed by atoms with Crippen LogP contribution in [0.4, 0.5) is 0 Å². The van der Waals surface area contributed by atoms with E-state index in [1.165, 1.54) is 12.1 Å². The van der Waals surface area contributed by atoms with Crippen LogP contribution in [0.5, 0.6) is 0 Å². The maximum absolute atomic E-state index is 11.0. The van der Waals surface area contributed by atoms with Crippen molar-refractivity contribution in [3.05, 3.63) is 35.9 Å². The molecule has 1 unspecified atom stereocenters. The lowest BCUT2D eigenvalue weighted by Crippen LogP contribution is -2.24. The number of benzene rings is 1. The van der Waals surface area contributed by atoms with E-state index >= 15 is 0 Å². The molecule has 1 atom stereocenters. The zero-order valence-electron chi connectivity index (χ0n) is 9.94. The van der Waals surface area contributed by atoms with Crippen LogP contribution in [0, 0.1) is 0 Å². The van der Waals surface area contributed by atoms with Crippen molar-refractivity contribution in [1.82, 2.24) is 0 Å². The van der Waals surface area contributed by atoms with Crippen LogP contribution in [-0.2, 0) is 38.9 Å². The molecular formula is C12H8O8. The number of ether oxygens (including phenoxy) is 2. The second-order valence-electron chi connectivity index (χ2n) is 3.48. The van der Waals surface area contributed by atoms with E-state index in [-0.39, 0.29) is 0 Å². The first-order chi connectivity index (χ1) is 9.41. The van der Waals surface area contributed by atoms with E-state index in [9.17, 15) is 29.4 Å². The third kappa shape index (κ3) is 4.41. The minimum Gasteiger partial charge on any atom is -0.453 e. The maximum Gasteiger partial charge on any atom is 0.462 e. The molecule has 0 saturated carbocycles. The van der Waals surface area contributed by atoms with Gasteiger partial charge in [-0.15, -0.1) is 0 Å². The van der Waals surface area contributed by atoms with Crippen LogP contribution in [0.1, 0.15) is 11.7 Å². The van der Waals surface area contributed by atoms with E-state index < -0.39 is 36.6 Å². The van der Waals surface area contributed by atoms with Crippen molar-refractivity contribution in [2.75, 3.05) is 6.61 Å². The van der Waals surface area contributed by atoms with Crippen LogP contribution in [-0.4, -0.2) is 30.5 Å². The topological polar surface area (TPSA) is 127 Å². The van der Waals surface area contributed by atoms with Gasteiger partial charge in [-0.3, -0.25) is 0 Å². The highest BCUT2D eigenvalue weighted by atomic mass is 16.6. The summed E-state index contributed by atoms with van der Waals surface area (Å²) in [5, 5.41) is 20.5. The van der Waals surface area contributed by atoms with Crippen molar-refractivity contribution in [3.8, 4) is 0 Å². The molecule has 0 spiro atoms. The maximum atomic E-state index is 11.0. The Kier molecular flexibility index (Phi) is 5.21. The minimum absolute atomic E-state index is 0.313. The van der Waals surface area contributed by atoms with E-state index in [4.69, 9.17) is 0 Å². The van der Waals surface area contributed by atoms with Gasteiger partial charge in [0.25, 0.3) is 0 Å². The van der Waals surface area contributed by atoms with Gasteiger partial charge in [-0.25, -0.2) is 29.4 Å². The summed E-state index contributed by atoms with van der Waals surface area (Å²) in [4.78, 5) is 42.2. The molecule has 104 valence electrons. The highest BCUT2D eigenvalue weighted by Crippen LogP contribution is 2.18. The smallest absolute Gasteiger partial charge is 0.453 e. The van der Waals surface area contributed by atoms with Crippen molar-refractivity contribution in [1.29, 1.82) is 0 Å². The van der Waals surface area contributed by atoms with Crippen LogP contribution in [0.15, 0.2) is 30.3 Å². The number of carbonyl (C=O) groups is 4. The van der Waals surface area contributed by atoms with Crippen LogP contribution < -0.4 is 0 Å². The lowest BCUT2D eigenvalue weighted by atomic mass is 10.1. The Morgan fingerprint density at radius 2 is 1.45 bits per heavy atom. The predicted octanol–water partition coefficient (Wildman–Crippen LogP) is -0.272. The SMILES string of the molecule is [O]C(=O)C(=O)OCC(OC(=O)C([O])=O)c1ccccc1. The molecule has 1 aromatic rings. The molecule has 0 aliphatic carbocycles. The van der Waals surface area contributed by atoms with E-state index in [1.54, 1.807) is 18.2 Å². The Morgan fingerprint density at radius 3 is 1.95 bits per heavy atom. The zero-order chi connectivity index (χ0) is 15.1. The lowest BCUT2D eigenvalue weighted by molar-refractivity contribution is -0.177. The summed E-state index contributed by atoms with van der Waals surface area (Å²) in [5.74, 6) is -7.46. The number of carbonyl (C=O) groups excluding carboxylic acids is 4. The third-order valence-electron chi connectivity index (χ3n) is 2.12. The van der Waals surface area contributed by atoms with E-state index in [0.717, 1.165) is 0 Å². The monoisotopic (exact) mass is 280 g/mol. The number of hydrogen-bond acceptors (Lipinski definition) is 6. The average Bonchev–Trinajstić information content (AvgIpc) is 2.43. The molecule has 0 bridgehead atoms. The molecule has 8 heteroatoms. The molecule has 0 saturated heterocycles. The number of hydrogen-bond donors (Lipinski definition) is 0. The molecule has 20 heavy (non-hydrogen) atoms. The average molecular weight is 280 g/mol. The van der Waals surface area contributed by atoms with Gasteiger partial charge in [0.15, 0.2) is 6.10 Å². The van der Waals surface area contributed by atoms with E-state index in [2.05, 4.69) is 9.47 Å². The molecule has 1 aromatic carbocycles. The first-order valence-electron chi connectivity index (χ1n) is 5.26. The molecular weight excluding hydrogens is 272 g/mol. The summed E-state index contributed by atoms with van der Waals surface area (Å²) >= 11 is 0. The summed E-state index contributed by atoms with van der Waals surface area (Å²) in [6.45, 7) is -0.671. The number of rotatable bonds is 4. The lowest BCUT2D eigenvalue weighted by Gasteiger charge is -2.16. The first-order valence-corrected chi connectivity index (χ1v) is 5.26. The van der Waals surface area contributed by atoms with Gasteiger partial charge >= 0.3 is 23.9 Å². The van der Waals surface area contributed by atoms with Crippen LogP contribution in [0.25, 0.3) is 0 Å². The van der Waals surface area contributed by atoms with Crippen LogP contribution in [0.3, 0.4) is 0 Å². The molecule has 0 N–H and O–H groups in total. The van der Waals surface area contributed by atoms with Gasteiger partial charge < -0.3 is 9.47 Å². The number of esters is 2. The highest BCUT2D eigenvalue weighted by molar-refractivity contribution is 6.29. The Balaban J connectivity index is 2.80. The summed E-state index contributed by atoms with van der Waals surface area (Å²) in [7, 11) is 0.